The Balaban J connectivity index is 3.87. The lowest BCUT2D eigenvalue weighted by molar-refractivity contribution is -0.596. The Labute approximate surface area is 115 Å². The Morgan fingerprint density at radius 1 is 1.32 bits per heavy atom. The second kappa shape index (κ2) is 10.6. The second-order valence-electron chi connectivity index (χ2n) is 5.17. The monoisotopic (exact) mass is 273 g/mol. The smallest absolute Gasteiger partial charge is 0.220 e. The summed E-state index contributed by atoms with van der Waals surface area (Å²) in [5.41, 5.74) is 0. The van der Waals surface area contributed by atoms with Gasteiger partial charge < -0.3 is 15.7 Å². The van der Waals surface area contributed by atoms with E-state index in [1.807, 2.05) is 13.8 Å². The first-order valence-corrected chi connectivity index (χ1v) is 7.11. The van der Waals surface area contributed by atoms with Gasteiger partial charge in [0.25, 0.3) is 0 Å². The highest BCUT2D eigenvalue weighted by Gasteiger charge is 2.23. The molecule has 0 aliphatic rings. The Kier molecular flexibility index (Phi) is 9.84. The average Bonchev–Trinajstić information content (AvgIpc) is 2.37. The van der Waals surface area contributed by atoms with Crippen LogP contribution >= 0.6 is 0 Å². The molecule has 0 saturated carbocycles. The first-order chi connectivity index (χ1) is 9.02. The summed E-state index contributed by atoms with van der Waals surface area (Å²) in [7, 11) is 0. The molecular formula is C13H27N3O3. The van der Waals surface area contributed by atoms with Gasteiger partial charge in [-0.3, -0.25) is 4.79 Å². The highest BCUT2D eigenvalue weighted by molar-refractivity contribution is 5.75. The van der Waals surface area contributed by atoms with Gasteiger partial charge in [0.05, 0.1) is 6.54 Å². The highest BCUT2D eigenvalue weighted by atomic mass is 16.6. The quantitative estimate of drug-likeness (QED) is 0.278. The molecule has 0 aromatic carbocycles. The first-order valence-electron chi connectivity index (χ1n) is 7.11. The molecule has 0 heterocycles. The maximum atomic E-state index is 11.6. The van der Waals surface area contributed by atoms with Gasteiger partial charge in [-0.2, -0.15) is 0 Å². The van der Waals surface area contributed by atoms with Gasteiger partial charge in [-0.25, -0.2) is 0 Å². The SMILES string of the molecule is CCCCCCCC(=O)NC[C@@H](C(C)C)/[N+]([O-])=N/O. The molecule has 0 unspecified atom stereocenters. The van der Waals surface area contributed by atoms with Gasteiger partial charge in [0.2, 0.25) is 11.9 Å². The minimum Gasteiger partial charge on any atom is -0.597 e. The summed E-state index contributed by atoms with van der Waals surface area (Å²) < 4.78 is 0. The minimum absolute atomic E-state index is 0.00162. The van der Waals surface area contributed by atoms with E-state index in [0.29, 0.717) is 6.42 Å². The molecule has 2 N–H and O–H groups in total. The molecule has 1 amide bonds. The fourth-order valence-corrected chi connectivity index (χ4v) is 1.83. The van der Waals surface area contributed by atoms with E-state index in [1.54, 1.807) is 0 Å². The summed E-state index contributed by atoms with van der Waals surface area (Å²) in [5, 5.41) is 25.0. The van der Waals surface area contributed by atoms with Gasteiger partial charge in [-0.1, -0.05) is 51.3 Å². The van der Waals surface area contributed by atoms with Crippen LogP contribution in [0.15, 0.2) is 5.28 Å². The first kappa shape index (κ1) is 17.7. The number of nitrogens with zero attached hydrogens (tertiary/aromatic N) is 2. The molecule has 1 atom stereocenters. The number of hydrogen-bond donors (Lipinski definition) is 2. The van der Waals surface area contributed by atoms with E-state index in [0.717, 1.165) is 19.3 Å². The van der Waals surface area contributed by atoms with Crippen molar-refractivity contribution in [3.05, 3.63) is 5.21 Å². The van der Waals surface area contributed by atoms with Crippen LogP contribution < -0.4 is 5.32 Å². The molecule has 0 saturated heterocycles. The number of unbranched alkanes of at least 4 members (excludes halogenated alkanes) is 4. The van der Waals surface area contributed by atoms with Crippen LogP contribution in [0.2, 0.25) is 0 Å². The molecule has 0 bridgehead atoms. The van der Waals surface area contributed by atoms with Crippen LogP contribution in [0.3, 0.4) is 0 Å². The van der Waals surface area contributed by atoms with Crippen molar-refractivity contribution >= 4 is 5.91 Å². The van der Waals surface area contributed by atoms with Gasteiger partial charge in [0, 0.05) is 12.3 Å². The summed E-state index contributed by atoms with van der Waals surface area (Å²) >= 11 is 0. The lowest BCUT2D eigenvalue weighted by Gasteiger charge is -2.16. The third-order valence-corrected chi connectivity index (χ3v) is 3.16. The van der Waals surface area contributed by atoms with Crippen LogP contribution in [0.5, 0.6) is 0 Å². The van der Waals surface area contributed by atoms with E-state index in [9.17, 15) is 10.0 Å². The molecule has 0 fully saturated rings. The zero-order valence-corrected chi connectivity index (χ0v) is 12.3. The molecule has 19 heavy (non-hydrogen) atoms. The molecule has 0 radical (unpaired) electrons. The van der Waals surface area contributed by atoms with E-state index in [2.05, 4.69) is 17.5 Å². The Hall–Kier alpha value is -1.33. The molecule has 0 rings (SSSR count). The van der Waals surface area contributed by atoms with Gasteiger partial charge in [-0.15, -0.1) is 0 Å². The molecule has 6 heteroatoms. The normalized spacial score (nSPS) is 13.6. The predicted octanol–water partition coefficient (Wildman–Crippen LogP) is 2.84. The van der Waals surface area contributed by atoms with Crippen molar-refractivity contribution in [1.82, 2.24) is 5.32 Å². The van der Waals surface area contributed by atoms with Crippen molar-refractivity contribution < 1.29 is 14.9 Å². The largest absolute Gasteiger partial charge is 0.597 e. The van der Waals surface area contributed by atoms with Crippen molar-refractivity contribution in [2.24, 2.45) is 11.2 Å². The van der Waals surface area contributed by atoms with E-state index in [4.69, 9.17) is 5.21 Å². The third-order valence-electron chi connectivity index (χ3n) is 3.16. The zero-order valence-electron chi connectivity index (χ0n) is 12.3. The van der Waals surface area contributed by atoms with Crippen molar-refractivity contribution in [2.75, 3.05) is 6.54 Å². The summed E-state index contributed by atoms with van der Waals surface area (Å²) in [4.78, 5) is 11.8. The number of hydrogen-bond acceptors (Lipinski definition) is 3. The van der Waals surface area contributed by atoms with Crippen LogP contribution in [0, 0.1) is 11.1 Å². The van der Waals surface area contributed by atoms with E-state index < -0.39 is 6.04 Å². The Morgan fingerprint density at radius 2 is 1.95 bits per heavy atom. The molecule has 0 aliphatic carbocycles. The fourth-order valence-electron chi connectivity index (χ4n) is 1.83. The summed E-state index contributed by atoms with van der Waals surface area (Å²) in [6, 6.07) is -0.533. The van der Waals surface area contributed by atoms with Crippen LogP contribution in [-0.2, 0) is 4.79 Å². The summed E-state index contributed by atoms with van der Waals surface area (Å²) in [5.74, 6) is -0.0493. The maximum absolute atomic E-state index is 11.6. The van der Waals surface area contributed by atoms with E-state index in [-0.39, 0.29) is 23.2 Å². The summed E-state index contributed by atoms with van der Waals surface area (Å²) in [6.07, 6.45) is 5.99. The van der Waals surface area contributed by atoms with Crippen LogP contribution in [0.1, 0.15) is 59.3 Å². The molecule has 0 aromatic rings. The fraction of sp³-hybridized carbons (Fsp3) is 0.923. The topological polar surface area (TPSA) is 87.8 Å². The van der Waals surface area contributed by atoms with Gasteiger partial charge in [0.15, 0.2) is 5.28 Å². The molecule has 6 nitrogen and oxygen atoms in total. The van der Waals surface area contributed by atoms with E-state index in [1.165, 1.54) is 12.8 Å². The minimum atomic E-state index is -0.533. The number of carbonyl (C=O) groups is 1. The third kappa shape index (κ3) is 8.40. The zero-order chi connectivity index (χ0) is 14.7. The Bertz CT molecular complexity index is 280. The highest BCUT2D eigenvalue weighted by Crippen LogP contribution is 2.07. The number of hydroxylamine groups is 1. The number of amides is 1. The van der Waals surface area contributed by atoms with Crippen LogP contribution in [0.25, 0.3) is 0 Å². The van der Waals surface area contributed by atoms with Crippen molar-refractivity contribution in [3.63, 3.8) is 0 Å². The molecule has 0 spiro atoms. The van der Waals surface area contributed by atoms with Gasteiger partial charge >= 0.3 is 0 Å². The maximum Gasteiger partial charge on any atom is 0.220 e. The average molecular weight is 273 g/mol. The van der Waals surface area contributed by atoms with E-state index >= 15 is 0 Å². The molecular weight excluding hydrogens is 246 g/mol. The van der Waals surface area contributed by atoms with Crippen molar-refractivity contribution in [2.45, 2.75) is 65.3 Å². The van der Waals surface area contributed by atoms with Gasteiger partial charge in [0.1, 0.15) is 0 Å². The number of carbonyl (C=O) groups excluding carboxylic acids is 1. The van der Waals surface area contributed by atoms with Crippen LogP contribution in [0.4, 0.5) is 0 Å². The molecule has 0 aliphatic heterocycles. The van der Waals surface area contributed by atoms with Crippen LogP contribution in [-0.4, -0.2) is 28.6 Å². The lowest BCUT2D eigenvalue weighted by atomic mass is 10.1. The second-order valence-corrected chi connectivity index (χ2v) is 5.17. The van der Waals surface area contributed by atoms with Crippen molar-refractivity contribution in [1.29, 1.82) is 0 Å². The molecule has 0 aromatic heterocycles. The lowest BCUT2D eigenvalue weighted by Crippen LogP contribution is -2.39. The molecule has 112 valence electrons. The van der Waals surface area contributed by atoms with Gasteiger partial charge in [-0.05, 0) is 6.42 Å². The Morgan fingerprint density at radius 3 is 2.47 bits per heavy atom. The summed E-state index contributed by atoms with van der Waals surface area (Å²) in [6.45, 7) is 6.05. The van der Waals surface area contributed by atoms with Crippen molar-refractivity contribution in [3.8, 4) is 0 Å². The predicted molar refractivity (Wildman–Crippen MR) is 72.9 cm³/mol. The standard InChI is InChI=1S/C13H27N3O3/c1-4-5-6-7-8-9-13(17)14-10-12(11(2)3)16(19)15-18/h11-12,18H,4-10H2,1-3H3,(H,14,17)/b16-15-/t12-/m0/s1. The number of rotatable bonds is 10. The number of nitrogens with one attached hydrogen (secondary N) is 1.